The first-order valence-corrected chi connectivity index (χ1v) is 7.43. The van der Waals surface area contributed by atoms with E-state index in [0.717, 1.165) is 34.5 Å². The maximum Gasteiger partial charge on any atom is 0.264 e. The zero-order valence-corrected chi connectivity index (χ0v) is 12.8. The predicted octanol–water partition coefficient (Wildman–Crippen LogP) is 3.31. The predicted molar refractivity (Wildman–Crippen MR) is 77.3 cm³/mol. The maximum absolute atomic E-state index is 5.95. The zero-order chi connectivity index (χ0) is 14.1. The molecule has 6 heteroatoms. The van der Waals surface area contributed by atoms with Gasteiger partial charge < -0.3 is 15.0 Å². The molecule has 0 amide bonds. The minimum atomic E-state index is -0.104. The van der Waals surface area contributed by atoms with E-state index >= 15 is 0 Å². The molecule has 1 fully saturated rings. The van der Waals surface area contributed by atoms with Crippen molar-refractivity contribution in [1.29, 1.82) is 0 Å². The van der Waals surface area contributed by atoms with E-state index in [2.05, 4.69) is 26.1 Å². The van der Waals surface area contributed by atoms with Gasteiger partial charge in [0.15, 0.2) is 12.4 Å². The van der Waals surface area contributed by atoms with Crippen LogP contribution in [0.5, 0.6) is 5.75 Å². The van der Waals surface area contributed by atoms with E-state index in [0.29, 0.717) is 11.8 Å². The van der Waals surface area contributed by atoms with Gasteiger partial charge in [-0.05, 0) is 38.0 Å². The van der Waals surface area contributed by atoms with Gasteiger partial charge in [-0.1, -0.05) is 21.1 Å². The highest BCUT2D eigenvalue weighted by Gasteiger charge is 2.28. The molecule has 1 saturated carbocycles. The fourth-order valence-electron chi connectivity index (χ4n) is 1.98. The topological polar surface area (TPSA) is 74.2 Å². The van der Waals surface area contributed by atoms with Crippen molar-refractivity contribution in [3.63, 3.8) is 0 Å². The molecule has 2 aromatic rings. The van der Waals surface area contributed by atoms with Crippen LogP contribution in [0.15, 0.2) is 27.2 Å². The largest absolute Gasteiger partial charge is 0.483 e. The number of halogens is 1. The molecule has 20 heavy (non-hydrogen) atoms. The van der Waals surface area contributed by atoms with Crippen molar-refractivity contribution in [1.82, 2.24) is 10.1 Å². The molecule has 0 saturated heterocycles. The lowest BCUT2D eigenvalue weighted by Crippen LogP contribution is -2.08. The van der Waals surface area contributed by atoms with Crippen LogP contribution in [0.2, 0.25) is 0 Å². The third kappa shape index (κ3) is 3.02. The van der Waals surface area contributed by atoms with Crippen molar-refractivity contribution in [3.8, 4) is 5.75 Å². The molecule has 3 rings (SSSR count). The summed E-state index contributed by atoms with van der Waals surface area (Å²) in [4.78, 5) is 4.34. The van der Waals surface area contributed by atoms with Crippen molar-refractivity contribution in [3.05, 3.63) is 40.0 Å². The summed E-state index contributed by atoms with van der Waals surface area (Å²) in [5, 5.41) is 3.96. The smallest absolute Gasteiger partial charge is 0.264 e. The molecule has 0 radical (unpaired) electrons. The van der Waals surface area contributed by atoms with E-state index in [9.17, 15) is 0 Å². The molecular weight excluding hydrogens is 322 g/mol. The zero-order valence-electron chi connectivity index (χ0n) is 11.2. The van der Waals surface area contributed by atoms with Crippen LogP contribution in [-0.4, -0.2) is 10.1 Å². The summed E-state index contributed by atoms with van der Waals surface area (Å²) >= 11 is 3.43. The van der Waals surface area contributed by atoms with Crippen LogP contribution in [0.1, 0.15) is 49.0 Å². The number of hydrogen-bond donors (Lipinski definition) is 1. The SMILES string of the molecule is C[C@H](N)c1cc(Br)ccc1OCc1nc(C2CC2)no1. The Morgan fingerprint density at radius 2 is 2.30 bits per heavy atom. The van der Waals surface area contributed by atoms with Gasteiger partial charge in [-0.2, -0.15) is 4.98 Å². The van der Waals surface area contributed by atoms with Gasteiger partial charge in [0.25, 0.3) is 5.89 Å². The second-order valence-corrected chi connectivity index (χ2v) is 6.00. The van der Waals surface area contributed by atoms with Crippen LogP contribution in [0, 0.1) is 0 Å². The van der Waals surface area contributed by atoms with Crippen LogP contribution < -0.4 is 10.5 Å². The maximum atomic E-state index is 5.95. The minimum absolute atomic E-state index is 0.104. The highest BCUT2D eigenvalue weighted by molar-refractivity contribution is 9.10. The average Bonchev–Trinajstić information content (AvgIpc) is 3.17. The van der Waals surface area contributed by atoms with Crippen LogP contribution >= 0.6 is 15.9 Å². The third-order valence-corrected chi connectivity index (χ3v) is 3.73. The van der Waals surface area contributed by atoms with E-state index in [4.69, 9.17) is 15.0 Å². The summed E-state index contributed by atoms with van der Waals surface area (Å²) in [5.74, 6) is 2.53. The molecule has 106 valence electrons. The van der Waals surface area contributed by atoms with E-state index in [1.807, 2.05) is 25.1 Å². The molecule has 0 aliphatic heterocycles. The van der Waals surface area contributed by atoms with Crippen LogP contribution in [0.25, 0.3) is 0 Å². The molecule has 5 nitrogen and oxygen atoms in total. The van der Waals surface area contributed by atoms with E-state index in [-0.39, 0.29) is 12.6 Å². The third-order valence-electron chi connectivity index (χ3n) is 3.24. The Hall–Kier alpha value is -1.40. The Balaban J connectivity index is 1.70. The van der Waals surface area contributed by atoms with Gasteiger partial charge in [-0.25, -0.2) is 0 Å². The number of ether oxygens (including phenoxy) is 1. The Labute approximate surface area is 125 Å². The highest BCUT2D eigenvalue weighted by atomic mass is 79.9. The number of nitrogens with zero attached hydrogens (tertiary/aromatic N) is 2. The number of benzene rings is 1. The van der Waals surface area contributed by atoms with E-state index < -0.39 is 0 Å². The second kappa shape index (κ2) is 5.54. The lowest BCUT2D eigenvalue weighted by atomic mass is 10.1. The van der Waals surface area contributed by atoms with Crippen molar-refractivity contribution in [2.75, 3.05) is 0 Å². The standard InChI is InChI=1S/C14H16BrN3O2/c1-8(16)11-6-10(15)4-5-12(11)19-7-13-17-14(18-20-13)9-2-3-9/h4-6,8-9H,2-3,7,16H2,1H3/t8-/m0/s1. The quantitative estimate of drug-likeness (QED) is 0.905. The molecule has 1 aliphatic carbocycles. The molecule has 1 aromatic heterocycles. The normalized spacial score (nSPS) is 16.1. The molecule has 2 N–H and O–H groups in total. The molecular formula is C14H16BrN3O2. The van der Waals surface area contributed by atoms with Crippen molar-refractivity contribution in [2.45, 2.75) is 38.3 Å². The van der Waals surface area contributed by atoms with Gasteiger partial charge in [0, 0.05) is 22.0 Å². The number of aromatic nitrogens is 2. The Bertz CT molecular complexity index is 608. The summed E-state index contributed by atoms with van der Waals surface area (Å²) in [5.41, 5.74) is 6.90. The molecule has 1 atom stereocenters. The first-order chi connectivity index (χ1) is 9.63. The Morgan fingerprint density at radius 1 is 1.50 bits per heavy atom. The Kier molecular flexibility index (Phi) is 3.76. The van der Waals surface area contributed by atoms with E-state index in [1.54, 1.807) is 0 Å². The van der Waals surface area contributed by atoms with Gasteiger partial charge in [0.05, 0.1) is 0 Å². The molecule has 0 spiro atoms. The average molecular weight is 338 g/mol. The summed E-state index contributed by atoms with van der Waals surface area (Å²) in [7, 11) is 0. The fourth-order valence-corrected chi connectivity index (χ4v) is 2.36. The van der Waals surface area contributed by atoms with Crippen molar-refractivity contribution >= 4 is 15.9 Å². The molecule has 0 unspecified atom stereocenters. The van der Waals surface area contributed by atoms with Gasteiger partial charge in [0.1, 0.15) is 5.75 Å². The van der Waals surface area contributed by atoms with Crippen LogP contribution in [0.3, 0.4) is 0 Å². The van der Waals surface area contributed by atoms with E-state index in [1.165, 1.54) is 0 Å². The summed E-state index contributed by atoms with van der Waals surface area (Å²) in [6.07, 6.45) is 2.31. The first-order valence-electron chi connectivity index (χ1n) is 6.64. The van der Waals surface area contributed by atoms with Crippen molar-refractivity contribution < 1.29 is 9.26 Å². The van der Waals surface area contributed by atoms with Gasteiger partial charge >= 0.3 is 0 Å². The number of rotatable bonds is 5. The van der Waals surface area contributed by atoms with Crippen molar-refractivity contribution in [2.24, 2.45) is 5.73 Å². The summed E-state index contributed by atoms with van der Waals surface area (Å²) < 4.78 is 11.9. The molecule has 1 aromatic carbocycles. The number of hydrogen-bond acceptors (Lipinski definition) is 5. The minimum Gasteiger partial charge on any atom is -0.483 e. The van der Waals surface area contributed by atoms with Crippen LogP contribution in [-0.2, 0) is 6.61 Å². The second-order valence-electron chi connectivity index (χ2n) is 5.08. The monoisotopic (exact) mass is 337 g/mol. The molecule has 1 heterocycles. The molecule has 0 bridgehead atoms. The summed E-state index contributed by atoms with van der Waals surface area (Å²) in [6.45, 7) is 2.19. The highest BCUT2D eigenvalue weighted by Crippen LogP contribution is 2.38. The van der Waals surface area contributed by atoms with Crippen LogP contribution in [0.4, 0.5) is 0 Å². The fraction of sp³-hybridized carbons (Fsp3) is 0.429. The van der Waals surface area contributed by atoms with Gasteiger partial charge in [-0.3, -0.25) is 0 Å². The lowest BCUT2D eigenvalue weighted by Gasteiger charge is -2.13. The Morgan fingerprint density at radius 3 is 3.00 bits per heavy atom. The first kappa shape index (κ1) is 13.6. The summed E-state index contributed by atoms with van der Waals surface area (Å²) in [6, 6.07) is 5.67. The lowest BCUT2D eigenvalue weighted by molar-refractivity contribution is 0.240. The van der Waals surface area contributed by atoms with Gasteiger partial charge in [-0.15, -0.1) is 0 Å². The molecule has 1 aliphatic rings. The number of nitrogens with two attached hydrogens (primary N) is 1. The van der Waals surface area contributed by atoms with Gasteiger partial charge in [0.2, 0.25) is 0 Å².